The van der Waals surface area contributed by atoms with E-state index >= 15 is 0 Å². The number of carbonyl (C=O) groups is 2. The van der Waals surface area contributed by atoms with E-state index in [0.29, 0.717) is 12.1 Å². The van der Waals surface area contributed by atoms with Crippen molar-refractivity contribution in [3.63, 3.8) is 0 Å². The lowest BCUT2D eigenvalue weighted by molar-refractivity contribution is 0.00929. The van der Waals surface area contributed by atoms with E-state index in [1.165, 1.54) is 16.0 Å². The first-order chi connectivity index (χ1) is 12.8. The van der Waals surface area contributed by atoms with Crippen molar-refractivity contribution in [2.75, 3.05) is 19.6 Å². The molecule has 27 heavy (non-hydrogen) atoms. The number of fused-ring (bicyclic) bond motifs is 1. The molecule has 2 heterocycles. The molecule has 2 aromatic rings. The molecule has 0 radical (unpaired) electrons. The van der Waals surface area contributed by atoms with Gasteiger partial charge < -0.3 is 14.5 Å². The lowest BCUT2D eigenvalue weighted by Gasteiger charge is -2.38. The molecular formula is C20H22N4O3. The van der Waals surface area contributed by atoms with E-state index in [0.717, 1.165) is 10.8 Å². The Morgan fingerprint density at radius 2 is 1.96 bits per heavy atom. The van der Waals surface area contributed by atoms with Gasteiger partial charge in [0.15, 0.2) is 0 Å². The summed E-state index contributed by atoms with van der Waals surface area (Å²) < 4.78 is 5.37. The predicted octanol–water partition coefficient (Wildman–Crippen LogP) is 2.82. The Hall–Kier alpha value is -3.14. The fraction of sp³-hybridized carbons (Fsp3) is 0.400. The van der Waals surface area contributed by atoms with Gasteiger partial charge in [-0.05, 0) is 26.2 Å². The standard InChI is InChI=1S/C20H22N4O3/c1-20(2,3)27-19(26)23-8-9-24(15(10-21)13-23)18(25)17-12-22-11-14-6-4-5-7-16(14)17/h4-7,11-12,15H,8-9,13H2,1-3H3. The monoisotopic (exact) mass is 366 g/mol. The van der Waals surface area contributed by atoms with Crippen molar-refractivity contribution in [2.24, 2.45) is 0 Å². The highest BCUT2D eigenvalue weighted by Crippen LogP contribution is 2.22. The largest absolute Gasteiger partial charge is 0.444 e. The molecule has 2 amide bonds. The minimum Gasteiger partial charge on any atom is -0.444 e. The molecule has 1 aliphatic rings. The Balaban J connectivity index is 1.81. The zero-order valence-corrected chi connectivity index (χ0v) is 15.7. The normalized spacial score (nSPS) is 17.5. The van der Waals surface area contributed by atoms with Crippen LogP contribution in [-0.4, -0.2) is 58.1 Å². The van der Waals surface area contributed by atoms with E-state index in [2.05, 4.69) is 11.1 Å². The summed E-state index contributed by atoms with van der Waals surface area (Å²) in [5.41, 5.74) is -0.153. The van der Waals surface area contributed by atoms with Crippen LogP contribution in [0.3, 0.4) is 0 Å². The van der Waals surface area contributed by atoms with Crippen molar-refractivity contribution in [1.82, 2.24) is 14.8 Å². The highest BCUT2D eigenvalue weighted by molar-refractivity contribution is 6.06. The summed E-state index contributed by atoms with van der Waals surface area (Å²) in [5, 5.41) is 11.2. The number of pyridine rings is 1. The van der Waals surface area contributed by atoms with E-state index in [-0.39, 0.29) is 19.0 Å². The summed E-state index contributed by atoms with van der Waals surface area (Å²) in [6, 6.07) is 8.90. The average molecular weight is 366 g/mol. The van der Waals surface area contributed by atoms with Gasteiger partial charge in [-0.25, -0.2) is 4.79 Å². The zero-order valence-electron chi connectivity index (χ0n) is 15.7. The van der Waals surface area contributed by atoms with Crippen LogP contribution in [0.4, 0.5) is 4.79 Å². The van der Waals surface area contributed by atoms with Crippen molar-refractivity contribution in [3.8, 4) is 6.07 Å². The lowest BCUT2D eigenvalue weighted by Crippen LogP contribution is -2.56. The van der Waals surface area contributed by atoms with Gasteiger partial charge in [0.25, 0.3) is 5.91 Å². The molecule has 1 aliphatic heterocycles. The van der Waals surface area contributed by atoms with Crippen LogP contribution in [0.25, 0.3) is 10.8 Å². The summed E-state index contributed by atoms with van der Waals surface area (Å²) in [4.78, 5) is 32.5. The molecule has 1 saturated heterocycles. The number of rotatable bonds is 1. The number of aromatic nitrogens is 1. The number of benzene rings is 1. The second-order valence-electron chi connectivity index (χ2n) is 7.48. The van der Waals surface area contributed by atoms with E-state index in [9.17, 15) is 14.9 Å². The summed E-state index contributed by atoms with van der Waals surface area (Å²) in [7, 11) is 0. The number of nitriles is 1. The third-order valence-corrected chi connectivity index (χ3v) is 4.34. The molecule has 1 aromatic carbocycles. The maximum absolute atomic E-state index is 13.1. The van der Waals surface area contributed by atoms with Crippen molar-refractivity contribution < 1.29 is 14.3 Å². The Kier molecular flexibility index (Phi) is 5.00. The van der Waals surface area contributed by atoms with E-state index in [1.54, 1.807) is 27.0 Å². The molecule has 0 N–H and O–H groups in total. The van der Waals surface area contributed by atoms with Crippen LogP contribution < -0.4 is 0 Å². The first kappa shape index (κ1) is 18.6. The Bertz CT molecular complexity index is 908. The molecule has 0 bridgehead atoms. The van der Waals surface area contributed by atoms with Gasteiger partial charge in [-0.15, -0.1) is 0 Å². The number of carbonyl (C=O) groups excluding carboxylic acids is 2. The van der Waals surface area contributed by atoms with Crippen LogP contribution in [-0.2, 0) is 4.74 Å². The van der Waals surface area contributed by atoms with Gasteiger partial charge >= 0.3 is 6.09 Å². The second kappa shape index (κ2) is 7.23. The Labute approximate surface area is 158 Å². The minimum absolute atomic E-state index is 0.120. The highest BCUT2D eigenvalue weighted by Gasteiger charge is 2.35. The topological polar surface area (TPSA) is 86.5 Å². The van der Waals surface area contributed by atoms with E-state index < -0.39 is 17.7 Å². The maximum Gasteiger partial charge on any atom is 0.410 e. The van der Waals surface area contributed by atoms with Crippen LogP contribution >= 0.6 is 0 Å². The molecular weight excluding hydrogens is 344 g/mol. The summed E-state index contributed by atoms with van der Waals surface area (Å²) in [6.07, 6.45) is 2.76. The molecule has 0 spiro atoms. The Morgan fingerprint density at radius 1 is 1.22 bits per heavy atom. The van der Waals surface area contributed by atoms with Gasteiger partial charge in [-0.1, -0.05) is 24.3 Å². The molecule has 3 rings (SSSR count). The number of ether oxygens (including phenoxy) is 1. The van der Waals surface area contributed by atoms with Crippen LogP contribution in [0.15, 0.2) is 36.7 Å². The van der Waals surface area contributed by atoms with Crippen LogP contribution in [0, 0.1) is 11.3 Å². The van der Waals surface area contributed by atoms with Crippen molar-refractivity contribution in [3.05, 3.63) is 42.2 Å². The molecule has 7 nitrogen and oxygen atoms in total. The van der Waals surface area contributed by atoms with Gasteiger partial charge in [-0.3, -0.25) is 9.78 Å². The van der Waals surface area contributed by atoms with Crippen molar-refractivity contribution >= 4 is 22.8 Å². The molecule has 1 aromatic heterocycles. The smallest absolute Gasteiger partial charge is 0.410 e. The Morgan fingerprint density at radius 3 is 2.67 bits per heavy atom. The van der Waals surface area contributed by atoms with Crippen molar-refractivity contribution in [2.45, 2.75) is 32.4 Å². The molecule has 1 fully saturated rings. The number of hydrogen-bond donors (Lipinski definition) is 0. The first-order valence-corrected chi connectivity index (χ1v) is 8.81. The fourth-order valence-electron chi connectivity index (χ4n) is 3.07. The number of piperazine rings is 1. The molecule has 0 saturated carbocycles. The van der Waals surface area contributed by atoms with Gasteiger partial charge in [0.1, 0.15) is 11.6 Å². The van der Waals surface area contributed by atoms with Crippen LogP contribution in [0.1, 0.15) is 31.1 Å². The summed E-state index contributed by atoms with van der Waals surface area (Å²) in [6.45, 7) is 6.08. The molecule has 0 aliphatic carbocycles. The predicted molar refractivity (Wildman–Crippen MR) is 100.0 cm³/mol. The minimum atomic E-state index is -0.738. The van der Waals surface area contributed by atoms with Crippen LogP contribution in [0.5, 0.6) is 0 Å². The van der Waals surface area contributed by atoms with Gasteiger partial charge in [0, 0.05) is 30.9 Å². The number of amides is 2. The quantitative estimate of drug-likeness (QED) is 0.774. The van der Waals surface area contributed by atoms with Gasteiger partial charge in [0.05, 0.1) is 18.2 Å². The fourth-order valence-corrected chi connectivity index (χ4v) is 3.07. The molecule has 140 valence electrons. The molecule has 1 atom stereocenters. The SMILES string of the molecule is CC(C)(C)OC(=O)N1CCN(C(=O)c2cncc3ccccc23)C(C#N)C1. The maximum atomic E-state index is 13.1. The molecule has 7 heteroatoms. The zero-order chi connectivity index (χ0) is 19.6. The highest BCUT2D eigenvalue weighted by atomic mass is 16.6. The third kappa shape index (κ3) is 4.00. The molecule has 1 unspecified atom stereocenters. The number of nitrogens with zero attached hydrogens (tertiary/aromatic N) is 4. The van der Waals surface area contributed by atoms with Crippen LogP contribution in [0.2, 0.25) is 0 Å². The summed E-state index contributed by atoms with van der Waals surface area (Å²) in [5.74, 6) is -0.255. The second-order valence-corrected chi connectivity index (χ2v) is 7.48. The van der Waals surface area contributed by atoms with Crippen molar-refractivity contribution in [1.29, 1.82) is 5.26 Å². The van der Waals surface area contributed by atoms with E-state index in [1.807, 2.05) is 24.3 Å². The third-order valence-electron chi connectivity index (χ3n) is 4.34. The van der Waals surface area contributed by atoms with Gasteiger partial charge in [0.2, 0.25) is 0 Å². The van der Waals surface area contributed by atoms with E-state index in [4.69, 9.17) is 4.74 Å². The van der Waals surface area contributed by atoms with Gasteiger partial charge in [-0.2, -0.15) is 5.26 Å². The average Bonchev–Trinajstić information content (AvgIpc) is 2.65. The first-order valence-electron chi connectivity index (χ1n) is 8.81. The summed E-state index contributed by atoms with van der Waals surface area (Å²) >= 11 is 0. The number of hydrogen-bond acceptors (Lipinski definition) is 5. The lowest BCUT2D eigenvalue weighted by atomic mass is 10.1.